The van der Waals surface area contributed by atoms with Gasteiger partial charge in [-0.1, -0.05) is 12.1 Å². The number of rotatable bonds is 2. The third kappa shape index (κ3) is 2.07. The zero-order valence-corrected chi connectivity index (χ0v) is 7.94. The number of anilines is 2. The van der Waals surface area contributed by atoms with E-state index in [1.54, 1.807) is 12.4 Å². The van der Waals surface area contributed by atoms with Crippen LogP contribution >= 0.6 is 0 Å². The average Bonchev–Trinajstić information content (AvgIpc) is 2.19. The largest absolute Gasteiger partial charge is 0.354 e. The van der Waals surface area contributed by atoms with Gasteiger partial charge in [0.15, 0.2) is 0 Å². The standard InChI is InChI=1S/C11H11N3/c1-9-3-2-4-10(7-9)14-11-5-6-12-13-8-11/h2-8H,1H3,(H,12,14). The molecule has 1 aromatic heterocycles. The van der Waals surface area contributed by atoms with E-state index in [1.807, 2.05) is 18.2 Å². The molecule has 2 aromatic rings. The van der Waals surface area contributed by atoms with Crippen LogP contribution in [-0.4, -0.2) is 10.2 Å². The number of hydrogen-bond donors (Lipinski definition) is 1. The van der Waals surface area contributed by atoms with Crippen molar-refractivity contribution in [3.63, 3.8) is 0 Å². The fourth-order valence-corrected chi connectivity index (χ4v) is 1.25. The second kappa shape index (κ2) is 3.87. The summed E-state index contributed by atoms with van der Waals surface area (Å²) in [7, 11) is 0. The van der Waals surface area contributed by atoms with Gasteiger partial charge in [-0.05, 0) is 30.7 Å². The van der Waals surface area contributed by atoms with Crippen molar-refractivity contribution in [2.75, 3.05) is 5.32 Å². The van der Waals surface area contributed by atoms with E-state index in [9.17, 15) is 0 Å². The van der Waals surface area contributed by atoms with Gasteiger partial charge in [-0.2, -0.15) is 10.2 Å². The maximum atomic E-state index is 3.79. The number of nitrogens with zero attached hydrogens (tertiary/aromatic N) is 2. The summed E-state index contributed by atoms with van der Waals surface area (Å²) in [5.41, 5.74) is 3.25. The first-order valence-electron chi connectivity index (χ1n) is 4.45. The van der Waals surface area contributed by atoms with Crippen molar-refractivity contribution in [2.45, 2.75) is 6.92 Å². The van der Waals surface area contributed by atoms with Crippen molar-refractivity contribution >= 4 is 11.4 Å². The van der Waals surface area contributed by atoms with E-state index in [2.05, 4.69) is 34.6 Å². The van der Waals surface area contributed by atoms with Gasteiger partial charge in [-0.3, -0.25) is 0 Å². The monoisotopic (exact) mass is 185 g/mol. The molecule has 1 heterocycles. The van der Waals surface area contributed by atoms with Gasteiger partial charge in [0, 0.05) is 5.69 Å². The summed E-state index contributed by atoms with van der Waals surface area (Å²) in [6.07, 6.45) is 3.36. The predicted octanol–water partition coefficient (Wildman–Crippen LogP) is 2.53. The van der Waals surface area contributed by atoms with E-state index in [1.165, 1.54) is 5.56 Å². The molecule has 0 fully saturated rings. The fourth-order valence-electron chi connectivity index (χ4n) is 1.25. The molecule has 0 bridgehead atoms. The third-order valence-corrected chi connectivity index (χ3v) is 1.89. The minimum absolute atomic E-state index is 0.950. The Morgan fingerprint density at radius 3 is 2.71 bits per heavy atom. The predicted molar refractivity (Wildman–Crippen MR) is 56.5 cm³/mol. The molecule has 0 amide bonds. The van der Waals surface area contributed by atoms with E-state index in [-0.39, 0.29) is 0 Å². The Balaban J connectivity index is 2.19. The lowest BCUT2D eigenvalue weighted by Gasteiger charge is -2.05. The zero-order valence-electron chi connectivity index (χ0n) is 7.94. The van der Waals surface area contributed by atoms with Crippen LogP contribution in [0, 0.1) is 6.92 Å². The maximum Gasteiger partial charge on any atom is 0.0731 e. The smallest absolute Gasteiger partial charge is 0.0731 e. The molecular weight excluding hydrogens is 174 g/mol. The lowest BCUT2D eigenvalue weighted by Crippen LogP contribution is -1.91. The van der Waals surface area contributed by atoms with E-state index in [0.717, 1.165) is 11.4 Å². The van der Waals surface area contributed by atoms with Crippen LogP contribution in [0.2, 0.25) is 0 Å². The molecule has 1 aromatic carbocycles. The molecule has 0 spiro atoms. The Kier molecular flexibility index (Phi) is 2.40. The number of nitrogens with one attached hydrogen (secondary N) is 1. The van der Waals surface area contributed by atoms with Crippen LogP contribution in [0.4, 0.5) is 11.4 Å². The van der Waals surface area contributed by atoms with Crippen LogP contribution in [0.1, 0.15) is 5.56 Å². The highest BCUT2D eigenvalue weighted by Crippen LogP contribution is 2.15. The highest BCUT2D eigenvalue weighted by molar-refractivity contribution is 5.58. The molecule has 2 rings (SSSR count). The molecule has 0 atom stereocenters. The molecule has 0 aliphatic carbocycles. The van der Waals surface area contributed by atoms with Crippen molar-refractivity contribution in [2.24, 2.45) is 0 Å². The van der Waals surface area contributed by atoms with Crippen molar-refractivity contribution in [3.8, 4) is 0 Å². The summed E-state index contributed by atoms with van der Waals surface area (Å²) in [6.45, 7) is 2.07. The molecule has 0 aliphatic heterocycles. The Morgan fingerprint density at radius 2 is 2.00 bits per heavy atom. The Morgan fingerprint density at radius 1 is 1.07 bits per heavy atom. The first-order chi connectivity index (χ1) is 6.84. The van der Waals surface area contributed by atoms with Crippen molar-refractivity contribution in [1.82, 2.24) is 10.2 Å². The first kappa shape index (κ1) is 8.69. The van der Waals surface area contributed by atoms with E-state index < -0.39 is 0 Å². The highest BCUT2D eigenvalue weighted by atomic mass is 15.1. The topological polar surface area (TPSA) is 37.8 Å². The van der Waals surface area contributed by atoms with Crippen molar-refractivity contribution < 1.29 is 0 Å². The normalized spacial score (nSPS) is 9.79. The van der Waals surface area contributed by atoms with Gasteiger partial charge in [0.25, 0.3) is 0 Å². The van der Waals surface area contributed by atoms with Crippen LogP contribution < -0.4 is 5.32 Å². The minimum atomic E-state index is 0.950. The molecule has 0 radical (unpaired) electrons. The quantitative estimate of drug-likeness (QED) is 0.781. The Hall–Kier alpha value is -1.90. The molecule has 0 unspecified atom stereocenters. The minimum Gasteiger partial charge on any atom is -0.354 e. The lowest BCUT2D eigenvalue weighted by atomic mass is 10.2. The van der Waals surface area contributed by atoms with Gasteiger partial charge >= 0.3 is 0 Å². The lowest BCUT2D eigenvalue weighted by molar-refractivity contribution is 1.03. The fraction of sp³-hybridized carbons (Fsp3) is 0.0909. The number of benzene rings is 1. The molecule has 0 aliphatic rings. The zero-order chi connectivity index (χ0) is 9.80. The SMILES string of the molecule is Cc1cccc(Nc2ccnnc2)c1. The maximum absolute atomic E-state index is 3.79. The third-order valence-electron chi connectivity index (χ3n) is 1.89. The van der Waals surface area contributed by atoms with Crippen LogP contribution in [-0.2, 0) is 0 Å². The number of hydrogen-bond acceptors (Lipinski definition) is 3. The van der Waals surface area contributed by atoms with Crippen molar-refractivity contribution in [3.05, 3.63) is 48.3 Å². The number of aryl methyl sites for hydroxylation is 1. The molecule has 70 valence electrons. The molecule has 1 N–H and O–H groups in total. The summed E-state index contributed by atoms with van der Waals surface area (Å²) in [5.74, 6) is 0. The van der Waals surface area contributed by atoms with Gasteiger partial charge in [-0.25, -0.2) is 0 Å². The molecule has 3 nitrogen and oxygen atoms in total. The second-order valence-electron chi connectivity index (χ2n) is 3.13. The van der Waals surface area contributed by atoms with Gasteiger partial charge in [-0.15, -0.1) is 0 Å². The van der Waals surface area contributed by atoms with Crippen LogP contribution in [0.25, 0.3) is 0 Å². The van der Waals surface area contributed by atoms with E-state index >= 15 is 0 Å². The first-order valence-corrected chi connectivity index (χ1v) is 4.45. The van der Waals surface area contributed by atoms with Gasteiger partial charge in [0.1, 0.15) is 0 Å². The molecule has 0 saturated heterocycles. The molecule has 0 saturated carbocycles. The molecule has 14 heavy (non-hydrogen) atoms. The number of aromatic nitrogens is 2. The Bertz CT molecular complexity index is 412. The average molecular weight is 185 g/mol. The summed E-state index contributed by atoms with van der Waals surface area (Å²) in [5, 5.41) is 10.7. The Labute approximate surface area is 82.8 Å². The summed E-state index contributed by atoms with van der Waals surface area (Å²) in [6, 6.07) is 10.1. The summed E-state index contributed by atoms with van der Waals surface area (Å²) in [4.78, 5) is 0. The summed E-state index contributed by atoms with van der Waals surface area (Å²) < 4.78 is 0. The van der Waals surface area contributed by atoms with Crippen LogP contribution in [0.3, 0.4) is 0 Å². The van der Waals surface area contributed by atoms with Gasteiger partial charge in [0.2, 0.25) is 0 Å². The van der Waals surface area contributed by atoms with Gasteiger partial charge < -0.3 is 5.32 Å². The second-order valence-corrected chi connectivity index (χ2v) is 3.13. The molecular formula is C11H11N3. The van der Waals surface area contributed by atoms with E-state index in [0.29, 0.717) is 0 Å². The summed E-state index contributed by atoms with van der Waals surface area (Å²) >= 11 is 0. The molecule has 3 heteroatoms. The van der Waals surface area contributed by atoms with Crippen molar-refractivity contribution in [1.29, 1.82) is 0 Å². The van der Waals surface area contributed by atoms with E-state index in [4.69, 9.17) is 0 Å². The highest BCUT2D eigenvalue weighted by Gasteiger charge is 1.93. The van der Waals surface area contributed by atoms with Gasteiger partial charge in [0.05, 0.1) is 18.1 Å². The van der Waals surface area contributed by atoms with Crippen LogP contribution in [0.5, 0.6) is 0 Å². The van der Waals surface area contributed by atoms with Crippen LogP contribution in [0.15, 0.2) is 42.7 Å².